The van der Waals surface area contributed by atoms with Gasteiger partial charge in [-0.05, 0) is 57.4 Å². The van der Waals surface area contributed by atoms with E-state index in [4.69, 9.17) is 16.2 Å². The van der Waals surface area contributed by atoms with Gasteiger partial charge in [0.2, 0.25) is 35.4 Å². The molecule has 386 valence electrons. The lowest BCUT2D eigenvalue weighted by atomic mass is 9.94. The lowest BCUT2D eigenvalue weighted by Gasteiger charge is -2.27. The van der Waals surface area contributed by atoms with Gasteiger partial charge in [-0.15, -0.1) is 0 Å². The molecule has 0 saturated carbocycles. The fourth-order valence-electron chi connectivity index (χ4n) is 7.26. The minimum atomic E-state index is -1.85. The molecule has 22 nitrogen and oxygen atoms in total. The van der Waals surface area contributed by atoms with Gasteiger partial charge in [-0.3, -0.25) is 38.6 Å². The van der Waals surface area contributed by atoms with Gasteiger partial charge < -0.3 is 63.2 Å². The van der Waals surface area contributed by atoms with Gasteiger partial charge in [0.15, 0.2) is 5.96 Å². The molecule has 7 amide bonds. The number of methoxy groups -OCH3 is 1. The van der Waals surface area contributed by atoms with Crippen molar-refractivity contribution in [1.82, 2.24) is 36.8 Å². The van der Waals surface area contributed by atoms with Gasteiger partial charge in [0.1, 0.15) is 35.9 Å². The number of benzene rings is 1. The fraction of sp³-hybridized carbons (Fsp3) is 0.542. The molecule has 1 aromatic carbocycles. The number of rotatable bonds is 15. The van der Waals surface area contributed by atoms with Crippen LogP contribution in [0.2, 0.25) is 0 Å². The Morgan fingerprint density at radius 2 is 1.49 bits per heavy atom. The molecule has 2 rings (SSSR count). The van der Waals surface area contributed by atoms with Crippen LogP contribution < -0.4 is 43.4 Å². The molecule has 0 aliphatic carbocycles. The van der Waals surface area contributed by atoms with Crippen LogP contribution in [-0.4, -0.2) is 137 Å². The van der Waals surface area contributed by atoms with Gasteiger partial charge >= 0.3 is 11.9 Å². The van der Waals surface area contributed by atoms with Crippen molar-refractivity contribution in [3.63, 3.8) is 0 Å². The summed E-state index contributed by atoms with van der Waals surface area (Å²) in [5.74, 6) is -11.0. The lowest BCUT2D eigenvalue weighted by molar-refractivity contribution is -0.144. The van der Waals surface area contributed by atoms with E-state index in [-0.39, 0.29) is 49.7 Å². The van der Waals surface area contributed by atoms with Crippen molar-refractivity contribution < 1.29 is 58.1 Å². The van der Waals surface area contributed by atoms with Crippen molar-refractivity contribution in [2.45, 2.75) is 129 Å². The smallest absolute Gasteiger partial charge is 0.326 e. The van der Waals surface area contributed by atoms with E-state index in [0.29, 0.717) is 12.0 Å². The Kier molecular flexibility index (Phi) is 24.5. The van der Waals surface area contributed by atoms with E-state index < -0.39 is 120 Å². The Hall–Kier alpha value is -7.10. The van der Waals surface area contributed by atoms with E-state index in [2.05, 4.69) is 43.5 Å². The summed E-state index contributed by atoms with van der Waals surface area (Å²) >= 11 is 0. The summed E-state index contributed by atoms with van der Waals surface area (Å²) in [5, 5.41) is 35.2. The number of hydrogen-bond acceptors (Lipinski definition) is 11. The number of carbonyl (C=O) groups is 9. The standard InChI is InChI=1S/C48H72N10O12/c1-26(2)22-36-45(65)57-37(47(68)69)25-39(59)53-34(16-13-21-51-48(49)50)44(64)54-33(18-17-27(3)23-28(4)38(70-9)24-32-14-11-10-12-15-32)29(5)41(61)55-35(46(66)67)19-20-40(60)58(8)31(7)43(63)52-30(6)42(62)56-36/h10-12,14-15,17-18,23,26,28-30,33-38H,7,13,16,19-22,24-25H2,1-6,8-9H3,(H,52,63)(H,53,59)(H,54,64)(H,55,61)(H,56,62)(H,57,65)(H,66,67)(H,68,69)(H4,49,50,51)/b18-17+,27-23+/t28-,29?,30+,33?,34?,35+,36-,37?,38-/m0/s1. The number of hydrogen-bond donors (Lipinski definition) is 10. The molecule has 1 aliphatic heterocycles. The topological polar surface area (TPSA) is 343 Å². The molecule has 4 unspecified atom stereocenters. The third kappa shape index (κ3) is 20.2. The van der Waals surface area contributed by atoms with Crippen molar-refractivity contribution in [2.75, 3.05) is 20.7 Å². The van der Waals surface area contributed by atoms with Crippen LogP contribution in [0.5, 0.6) is 0 Å². The van der Waals surface area contributed by atoms with Crippen LogP contribution in [0.3, 0.4) is 0 Å². The maximum absolute atomic E-state index is 14.3. The number of nitrogens with zero attached hydrogens (tertiary/aromatic N) is 2. The number of allylic oxidation sites excluding steroid dienone is 2. The zero-order chi connectivity index (χ0) is 52.8. The molecule has 70 heavy (non-hydrogen) atoms. The number of carboxylic acid groups (broad SMARTS) is 2. The van der Waals surface area contributed by atoms with Gasteiger partial charge in [0, 0.05) is 33.0 Å². The van der Waals surface area contributed by atoms with E-state index in [1.807, 2.05) is 43.3 Å². The first-order valence-corrected chi connectivity index (χ1v) is 23.1. The average molecular weight is 981 g/mol. The second-order valence-electron chi connectivity index (χ2n) is 17.8. The average Bonchev–Trinajstić information content (AvgIpc) is 3.29. The molecule has 1 heterocycles. The monoisotopic (exact) mass is 981 g/mol. The zero-order valence-corrected chi connectivity index (χ0v) is 41.3. The molecule has 1 aromatic rings. The largest absolute Gasteiger partial charge is 0.480 e. The molecule has 0 spiro atoms. The third-order valence-corrected chi connectivity index (χ3v) is 11.5. The van der Waals surface area contributed by atoms with Crippen LogP contribution in [0.4, 0.5) is 0 Å². The highest BCUT2D eigenvalue weighted by Gasteiger charge is 2.34. The molecule has 1 saturated heterocycles. The summed E-state index contributed by atoms with van der Waals surface area (Å²) in [6.07, 6.45) is 3.79. The Labute approximate surface area is 408 Å². The maximum Gasteiger partial charge on any atom is 0.326 e. The highest BCUT2D eigenvalue weighted by atomic mass is 16.5. The van der Waals surface area contributed by atoms with Crippen LogP contribution in [0.1, 0.15) is 85.6 Å². The lowest BCUT2D eigenvalue weighted by Crippen LogP contribution is -2.57. The van der Waals surface area contributed by atoms with Crippen molar-refractivity contribution in [3.05, 3.63) is 72.0 Å². The van der Waals surface area contributed by atoms with Crippen LogP contribution in [0, 0.1) is 17.8 Å². The molecule has 1 fully saturated rings. The van der Waals surface area contributed by atoms with Crippen molar-refractivity contribution in [2.24, 2.45) is 34.2 Å². The normalized spacial score (nSPS) is 24.4. The van der Waals surface area contributed by atoms with E-state index >= 15 is 0 Å². The second kappa shape index (κ2) is 29.0. The predicted octanol–water partition coefficient (Wildman–Crippen LogP) is 0.372. The number of aliphatic carboxylic acids is 2. The van der Waals surface area contributed by atoms with Crippen molar-refractivity contribution >= 4 is 59.2 Å². The third-order valence-electron chi connectivity index (χ3n) is 11.5. The number of amides is 7. The number of aliphatic imine (C=N–C) groups is 1. The number of ether oxygens (including phenoxy) is 1. The molecule has 0 radical (unpaired) electrons. The minimum absolute atomic E-state index is 0.0117. The molecule has 9 atom stereocenters. The number of carboxylic acids is 2. The molecule has 22 heteroatoms. The van der Waals surface area contributed by atoms with Gasteiger partial charge in [0.25, 0.3) is 5.91 Å². The van der Waals surface area contributed by atoms with Gasteiger partial charge in [-0.25, -0.2) is 9.59 Å². The summed E-state index contributed by atoms with van der Waals surface area (Å²) in [6.45, 7) is 13.6. The first kappa shape index (κ1) is 59.0. The van der Waals surface area contributed by atoms with Crippen LogP contribution in [0.25, 0.3) is 0 Å². The number of guanidine groups is 1. The van der Waals surface area contributed by atoms with Gasteiger partial charge in [0.05, 0.1) is 24.5 Å². The summed E-state index contributed by atoms with van der Waals surface area (Å²) in [4.78, 5) is 125. The summed E-state index contributed by atoms with van der Waals surface area (Å²) < 4.78 is 5.81. The first-order valence-electron chi connectivity index (χ1n) is 23.1. The molecule has 1 aliphatic rings. The SMILES string of the molecule is C=C1C(=O)N[C@H](C)C(=O)N[C@@H](CC(C)C)C(=O)NC(C(=O)O)CC(=O)NC(CCCN=C(N)N)C(=O)NC(/C=C/C(C)=C/[C@H](C)[C@H](Cc2ccccc2)OC)C(C)C(=O)N[C@@H](C(=O)O)CCC(=O)N1C. The van der Waals surface area contributed by atoms with E-state index in [1.165, 1.54) is 27.0 Å². The highest BCUT2D eigenvalue weighted by molar-refractivity contribution is 6.00. The highest BCUT2D eigenvalue weighted by Crippen LogP contribution is 2.19. The minimum Gasteiger partial charge on any atom is -0.480 e. The summed E-state index contributed by atoms with van der Waals surface area (Å²) in [5.41, 5.74) is 12.3. The zero-order valence-electron chi connectivity index (χ0n) is 41.3. The van der Waals surface area contributed by atoms with E-state index in [9.17, 15) is 53.4 Å². The van der Waals surface area contributed by atoms with E-state index in [0.717, 1.165) is 10.5 Å². The Balaban J connectivity index is 2.69. The number of likely N-dealkylation sites (N-methyl/N-ethyl adjacent to an activating group) is 1. The fourth-order valence-corrected chi connectivity index (χ4v) is 7.26. The molecular formula is C48H72N10O12. The molecule has 0 aromatic heterocycles. The van der Waals surface area contributed by atoms with Crippen LogP contribution in [0.15, 0.2) is 71.4 Å². The number of carbonyl (C=O) groups excluding carboxylic acids is 7. The van der Waals surface area contributed by atoms with Crippen LogP contribution >= 0.6 is 0 Å². The molecule has 12 N–H and O–H groups in total. The Morgan fingerprint density at radius 1 is 0.871 bits per heavy atom. The quantitative estimate of drug-likeness (QED) is 0.0374. The van der Waals surface area contributed by atoms with E-state index in [1.54, 1.807) is 34.0 Å². The second-order valence-corrected chi connectivity index (χ2v) is 17.8. The van der Waals surface area contributed by atoms with Crippen molar-refractivity contribution in [1.29, 1.82) is 0 Å². The van der Waals surface area contributed by atoms with Crippen molar-refractivity contribution in [3.8, 4) is 0 Å². The van der Waals surface area contributed by atoms with Gasteiger partial charge in [-0.2, -0.15) is 0 Å². The first-order chi connectivity index (χ1) is 32.8. The number of nitrogens with two attached hydrogens (primary N) is 2. The molecule has 0 bridgehead atoms. The number of nitrogens with one attached hydrogen (secondary N) is 6. The Morgan fingerprint density at radius 3 is 2.07 bits per heavy atom. The Bertz CT molecular complexity index is 2120. The summed E-state index contributed by atoms with van der Waals surface area (Å²) in [7, 11) is 2.82. The van der Waals surface area contributed by atoms with Gasteiger partial charge in [-0.1, -0.05) is 88.4 Å². The summed E-state index contributed by atoms with van der Waals surface area (Å²) in [6, 6.07) is 1.07. The molecular weight excluding hydrogens is 909 g/mol. The predicted molar refractivity (Wildman–Crippen MR) is 260 cm³/mol. The van der Waals surface area contributed by atoms with Crippen LogP contribution in [-0.2, 0) is 54.3 Å². The maximum atomic E-state index is 14.3.